The number of halogens is 1. The highest BCUT2D eigenvalue weighted by Crippen LogP contribution is 2.29. The lowest BCUT2D eigenvalue weighted by molar-refractivity contribution is -0.384. The van der Waals surface area contributed by atoms with E-state index in [0.29, 0.717) is 22.2 Å². The third kappa shape index (κ3) is 4.51. The monoisotopic (exact) mass is 385 g/mol. The topological polar surface area (TPSA) is 98.3 Å². The number of non-ortho nitro benzene ring substituents is 1. The molecule has 0 aliphatic carbocycles. The molecule has 3 rings (SSSR count). The van der Waals surface area contributed by atoms with E-state index in [1.165, 1.54) is 24.3 Å². The van der Waals surface area contributed by atoms with E-state index < -0.39 is 11.0 Å². The number of nitrogens with one attached hydrogen (secondary N) is 1. The Hall–Kier alpha value is -3.19. The van der Waals surface area contributed by atoms with Gasteiger partial charge in [0, 0.05) is 35.2 Å². The lowest BCUT2D eigenvalue weighted by Gasteiger charge is -2.19. The molecule has 27 heavy (non-hydrogen) atoms. The molecule has 1 atom stereocenters. The quantitative estimate of drug-likeness (QED) is 0.350. The van der Waals surface area contributed by atoms with Crippen LogP contribution in [-0.4, -0.2) is 15.9 Å². The van der Waals surface area contributed by atoms with E-state index in [9.17, 15) is 14.9 Å². The molecule has 0 fully saturated rings. The minimum atomic E-state index is -0.505. The SMILES string of the molecule is Cc1cc(NC(CC(=O)c2ccc([N+](=O)[O-])cc2)c2ccccc2Cl)no1. The Bertz CT molecular complexity index is 969. The number of rotatable bonds is 7. The summed E-state index contributed by atoms with van der Waals surface area (Å²) in [4.78, 5) is 23.0. The second kappa shape index (κ2) is 8.01. The molecular weight excluding hydrogens is 370 g/mol. The van der Waals surface area contributed by atoms with Gasteiger partial charge in [-0.15, -0.1) is 0 Å². The maximum absolute atomic E-state index is 12.7. The number of Topliss-reactive ketones (excluding diaryl/α,β-unsaturated/α-hetero) is 1. The van der Waals surface area contributed by atoms with Gasteiger partial charge in [0.25, 0.3) is 5.69 Å². The largest absolute Gasteiger partial charge is 0.360 e. The minimum Gasteiger partial charge on any atom is -0.360 e. The number of benzene rings is 2. The zero-order valence-electron chi connectivity index (χ0n) is 14.4. The van der Waals surface area contributed by atoms with Gasteiger partial charge in [0.1, 0.15) is 5.76 Å². The van der Waals surface area contributed by atoms with Gasteiger partial charge >= 0.3 is 0 Å². The number of carbonyl (C=O) groups is 1. The van der Waals surface area contributed by atoms with Crippen molar-refractivity contribution >= 4 is 28.9 Å². The van der Waals surface area contributed by atoms with Crippen molar-refractivity contribution in [3.63, 3.8) is 0 Å². The second-order valence-corrected chi connectivity index (χ2v) is 6.38. The fourth-order valence-corrected chi connectivity index (χ4v) is 2.95. The molecule has 7 nitrogen and oxygen atoms in total. The Morgan fingerprint density at radius 2 is 1.96 bits per heavy atom. The predicted octanol–water partition coefficient (Wildman–Crippen LogP) is 4.97. The fraction of sp³-hybridized carbons (Fsp3) is 0.158. The average Bonchev–Trinajstić information content (AvgIpc) is 3.06. The van der Waals surface area contributed by atoms with Crippen LogP contribution < -0.4 is 5.32 Å². The molecule has 0 spiro atoms. The fourth-order valence-electron chi connectivity index (χ4n) is 2.68. The summed E-state index contributed by atoms with van der Waals surface area (Å²) in [6.45, 7) is 1.77. The van der Waals surface area contributed by atoms with Gasteiger partial charge in [-0.2, -0.15) is 0 Å². The molecule has 0 aliphatic rings. The van der Waals surface area contributed by atoms with Crippen LogP contribution in [0.5, 0.6) is 0 Å². The van der Waals surface area contributed by atoms with Crippen molar-refractivity contribution in [1.29, 1.82) is 0 Å². The molecule has 0 saturated heterocycles. The second-order valence-electron chi connectivity index (χ2n) is 5.97. The lowest BCUT2D eigenvalue weighted by atomic mass is 9.97. The van der Waals surface area contributed by atoms with Crippen LogP contribution in [0.3, 0.4) is 0 Å². The maximum Gasteiger partial charge on any atom is 0.269 e. The van der Waals surface area contributed by atoms with Crippen molar-refractivity contribution in [2.45, 2.75) is 19.4 Å². The van der Waals surface area contributed by atoms with Gasteiger partial charge < -0.3 is 9.84 Å². The van der Waals surface area contributed by atoms with E-state index in [4.69, 9.17) is 16.1 Å². The number of hydrogen-bond donors (Lipinski definition) is 1. The molecule has 0 aliphatic heterocycles. The highest BCUT2D eigenvalue weighted by Gasteiger charge is 2.21. The maximum atomic E-state index is 12.7. The zero-order valence-corrected chi connectivity index (χ0v) is 15.1. The van der Waals surface area contributed by atoms with E-state index in [-0.39, 0.29) is 17.9 Å². The van der Waals surface area contributed by atoms with E-state index in [1.807, 2.05) is 12.1 Å². The number of nitrogens with zero attached hydrogens (tertiary/aromatic N) is 2. The Labute approximate surface area is 160 Å². The van der Waals surface area contributed by atoms with Crippen LogP contribution in [0.15, 0.2) is 59.1 Å². The van der Waals surface area contributed by atoms with E-state index in [2.05, 4.69) is 10.5 Å². The highest BCUT2D eigenvalue weighted by molar-refractivity contribution is 6.31. The molecule has 1 unspecified atom stereocenters. The first kappa shape index (κ1) is 18.6. The molecule has 2 aromatic carbocycles. The first-order chi connectivity index (χ1) is 12.9. The summed E-state index contributed by atoms with van der Waals surface area (Å²) in [7, 11) is 0. The van der Waals surface area contributed by atoms with E-state index in [1.54, 1.807) is 25.1 Å². The highest BCUT2D eigenvalue weighted by atomic mass is 35.5. The van der Waals surface area contributed by atoms with Crippen LogP contribution in [0, 0.1) is 17.0 Å². The van der Waals surface area contributed by atoms with Gasteiger partial charge in [0.05, 0.1) is 11.0 Å². The number of aryl methyl sites for hydroxylation is 1. The van der Waals surface area contributed by atoms with Crippen molar-refractivity contribution in [2.75, 3.05) is 5.32 Å². The van der Waals surface area contributed by atoms with Gasteiger partial charge in [-0.25, -0.2) is 0 Å². The van der Waals surface area contributed by atoms with Crippen molar-refractivity contribution < 1.29 is 14.2 Å². The Morgan fingerprint density at radius 1 is 1.26 bits per heavy atom. The van der Waals surface area contributed by atoms with Crippen LogP contribution >= 0.6 is 11.6 Å². The summed E-state index contributed by atoms with van der Waals surface area (Å²) >= 11 is 6.31. The van der Waals surface area contributed by atoms with E-state index in [0.717, 1.165) is 5.56 Å². The number of hydrogen-bond acceptors (Lipinski definition) is 6. The molecule has 0 amide bonds. The lowest BCUT2D eigenvalue weighted by Crippen LogP contribution is -2.16. The molecule has 0 bridgehead atoms. The van der Waals surface area contributed by atoms with Crippen LogP contribution in [-0.2, 0) is 0 Å². The van der Waals surface area contributed by atoms with Crippen LogP contribution in [0.25, 0.3) is 0 Å². The molecule has 138 valence electrons. The van der Waals surface area contributed by atoms with Gasteiger partial charge in [0.2, 0.25) is 0 Å². The first-order valence-corrected chi connectivity index (χ1v) is 8.54. The molecule has 0 saturated carbocycles. The summed E-state index contributed by atoms with van der Waals surface area (Å²) in [5.74, 6) is 0.952. The number of aromatic nitrogens is 1. The number of nitro groups is 1. The molecule has 8 heteroatoms. The number of nitro benzene ring substituents is 1. The summed E-state index contributed by atoms with van der Waals surface area (Å²) in [6.07, 6.45) is 0.0907. The zero-order chi connectivity index (χ0) is 19.4. The molecule has 1 N–H and O–H groups in total. The first-order valence-electron chi connectivity index (χ1n) is 8.16. The van der Waals surface area contributed by atoms with Crippen LogP contribution in [0.4, 0.5) is 11.5 Å². The molecule has 0 radical (unpaired) electrons. The van der Waals surface area contributed by atoms with Gasteiger partial charge in [0.15, 0.2) is 11.6 Å². The summed E-state index contributed by atoms with van der Waals surface area (Å²) < 4.78 is 5.06. The molecular formula is C19H16ClN3O4. The van der Waals surface area contributed by atoms with Crippen molar-refractivity contribution in [2.24, 2.45) is 0 Å². The van der Waals surface area contributed by atoms with Crippen molar-refractivity contribution in [3.05, 3.63) is 86.6 Å². The minimum absolute atomic E-state index is 0.0644. The van der Waals surface area contributed by atoms with Crippen molar-refractivity contribution in [1.82, 2.24) is 5.16 Å². The van der Waals surface area contributed by atoms with E-state index >= 15 is 0 Å². The average molecular weight is 386 g/mol. The van der Waals surface area contributed by atoms with Crippen LogP contribution in [0.1, 0.15) is 34.1 Å². The third-order valence-corrected chi connectivity index (χ3v) is 4.36. The van der Waals surface area contributed by atoms with Gasteiger partial charge in [-0.3, -0.25) is 14.9 Å². The number of carbonyl (C=O) groups excluding carboxylic acids is 1. The van der Waals surface area contributed by atoms with Crippen LogP contribution in [0.2, 0.25) is 5.02 Å². The van der Waals surface area contributed by atoms with Gasteiger partial charge in [-0.1, -0.05) is 35.0 Å². The number of ketones is 1. The standard InChI is InChI=1S/C19H16ClN3O4/c1-12-10-19(22-27-12)21-17(15-4-2-3-5-16(15)20)11-18(24)13-6-8-14(9-7-13)23(25)26/h2-10,17H,11H2,1H3,(H,21,22). The summed E-state index contributed by atoms with van der Waals surface area (Å²) in [5, 5.41) is 18.4. The Balaban J connectivity index is 1.85. The molecule has 1 heterocycles. The normalized spacial score (nSPS) is 11.8. The third-order valence-electron chi connectivity index (χ3n) is 4.02. The van der Waals surface area contributed by atoms with Gasteiger partial charge in [-0.05, 0) is 30.7 Å². The summed E-state index contributed by atoms with van der Waals surface area (Å²) in [6, 6.07) is 14.0. The number of anilines is 1. The predicted molar refractivity (Wildman–Crippen MR) is 101 cm³/mol. The summed E-state index contributed by atoms with van der Waals surface area (Å²) in [5.41, 5.74) is 1.07. The smallest absolute Gasteiger partial charge is 0.269 e. The molecule has 1 aromatic heterocycles. The molecule has 3 aromatic rings. The van der Waals surface area contributed by atoms with Crippen molar-refractivity contribution in [3.8, 4) is 0 Å². The Morgan fingerprint density at radius 3 is 2.56 bits per heavy atom. The Kier molecular flexibility index (Phi) is 5.52.